The summed E-state index contributed by atoms with van der Waals surface area (Å²) in [5.74, 6) is -0.381. The predicted octanol–water partition coefficient (Wildman–Crippen LogP) is 0.265. The molecule has 5 nitrogen and oxygen atoms in total. The molecule has 0 bridgehead atoms. The van der Waals surface area contributed by atoms with Crippen molar-refractivity contribution in [2.24, 2.45) is 10.8 Å². The van der Waals surface area contributed by atoms with Crippen molar-refractivity contribution < 1.29 is 10.2 Å². The first kappa shape index (κ1) is 10.3. The number of rotatable bonds is 2. The number of nitrogens with two attached hydrogens (primary N) is 1. The van der Waals surface area contributed by atoms with Gasteiger partial charge in [-0.25, -0.2) is 0 Å². The molecule has 74 valence electrons. The van der Waals surface area contributed by atoms with E-state index in [1.807, 2.05) is 0 Å². The molecule has 0 unspecified atom stereocenters. The maximum absolute atomic E-state index is 9.13. The molecule has 0 saturated heterocycles. The van der Waals surface area contributed by atoms with Crippen LogP contribution in [0.5, 0.6) is 11.5 Å². The third kappa shape index (κ3) is 2.91. The third-order valence-electron chi connectivity index (χ3n) is 1.39. The Labute approximate surface area is 85.9 Å². The van der Waals surface area contributed by atoms with Crippen molar-refractivity contribution in [3.63, 3.8) is 0 Å². The lowest BCUT2D eigenvalue weighted by Crippen LogP contribution is -2.23. The molecule has 1 aromatic rings. The zero-order valence-electron chi connectivity index (χ0n) is 7.14. The van der Waals surface area contributed by atoms with E-state index in [9.17, 15) is 0 Å². The topological polar surface area (TPSA) is 90.9 Å². The number of hydrogen-bond donors (Lipinski definition) is 4. The minimum Gasteiger partial charge on any atom is -0.504 e. The third-order valence-corrected chi connectivity index (χ3v) is 1.48. The van der Waals surface area contributed by atoms with Crippen molar-refractivity contribution in [1.82, 2.24) is 5.43 Å². The monoisotopic (exact) mass is 211 g/mol. The SMILES string of the molecule is NC(=S)N/N=C/c1ccc(O)c(O)c1. The molecular formula is C8H9N3O2S. The van der Waals surface area contributed by atoms with Gasteiger partial charge >= 0.3 is 0 Å². The van der Waals surface area contributed by atoms with E-state index in [0.29, 0.717) is 5.56 Å². The van der Waals surface area contributed by atoms with Crippen LogP contribution in [-0.4, -0.2) is 21.5 Å². The summed E-state index contributed by atoms with van der Waals surface area (Å²) in [4.78, 5) is 0. The summed E-state index contributed by atoms with van der Waals surface area (Å²) in [7, 11) is 0. The summed E-state index contributed by atoms with van der Waals surface area (Å²) in [5, 5.41) is 21.9. The van der Waals surface area contributed by atoms with Crippen molar-refractivity contribution >= 4 is 23.5 Å². The predicted molar refractivity (Wildman–Crippen MR) is 57.3 cm³/mol. The first-order valence-corrected chi connectivity index (χ1v) is 4.11. The molecule has 6 heteroatoms. The number of phenolic OH excluding ortho intramolecular Hbond substituents is 2. The maximum Gasteiger partial charge on any atom is 0.184 e. The molecule has 1 aromatic carbocycles. The van der Waals surface area contributed by atoms with Crippen LogP contribution >= 0.6 is 12.2 Å². The number of hydrogen-bond acceptors (Lipinski definition) is 4. The van der Waals surface area contributed by atoms with Gasteiger partial charge in [-0.05, 0) is 36.0 Å². The Morgan fingerprint density at radius 1 is 1.43 bits per heavy atom. The lowest BCUT2D eigenvalue weighted by molar-refractivity contribution is 0.403. The summed E-state index contributed by atoms with van der Waals surface area (Å²) < 4.78 is 0. The molecule has 0 aliphatic heterocycles. The van der Waals surface area contributed by atoms with Crippen LogP contribution in [0, 0.1) is 0 Å². The Hall–Kier alpha value is -1.82. The Balaban J connectivity index is 2.73. The number of nitrogens with one attached hydrogen (secondary N) is 1. The van der Waals surface area contributed by atoms with Crippen molar-refractivity contribution in [3.8, 4) is 11.5 Å². The molecule has 0 saturated carbocycles. The second kappa shape index (κ2) is 4.43. The first-order valence-electron chi connectivity index (χ1n) is 3.70. The van der Waals surface area contributed by atoms with Crippen LogP contribution in [0.2, 0.25) is 0 Å². The molecule has 0 amide bonds. The maximum atomic E-state index is 9.13. The number of nitrogens with zero attached hydrogens (tertiary/aromatic N) is 1. The van der Waals surface area contributed by atoms with Crippen LogP contribution in [-0.2, 0) is 0 Å². The van der Waals surface area contributed by atoms with Gasteiger partial charge in [-0.2, -0.15) is 5.10 Å². The lowest BCUT2D eigenvalue weighted by atomic mass is 10.2. The highest BCUT2D eigenvalue weighted by atomic mass is 32.1. The molecule has 1 rings (SSSR count). The van der Waals surface area contributed by atoms with E-state index in [0.717, 1.165) is 0 Å². The van der Waals surface area contributed by atoms with E-state index in [1.54, 1.807) is 6.07 Å². The summed E-state index contributed by atoms with van der Waals surface area (Å²) in [6.07, 6.45) is 1.42. The van der Waals surface area contributed by atoms with Gasteiger partial charge in [0, 0.05) is 0 Å². The first-order chi connectivity index (χ1) is 6.59. The molecule has 0 aromatic heterocycles. The quantitative estimate of drug-likeness (QED) is 0.244. The van der Waals surface area contributed by atoms with Gasteiger partial charge in [-0.15, -0.1) is 0 Å². The molecule has 0 fully saturated rings. The van der Waals surface area contributed by atoms with Gasteiger partial charge in [0.05, 0.1) is 6.21 Å². The Kier molecular flexibility index (Phi) is 3.24. The Morgan fingerprint density at radius 2 is 2.14 bits per heavy atom. The normalized spacial score (nSPS) is 10.3. The van der Waals surface area contributed by atoms with Gasteiger partial charge < -0.3 is 15.9 Å². The standard InChI is InChI=1S/C8H9N3O2S/c9-8(14)11-10-4-5-1-2-6(12)7(13)3-5/h1-4,12-13H,(H3,9,11,14)/b10-4+. The molecule has 0 radical (unpaired) electrons. The van der Waals surface area contributed by atoms with Crippen molar-refractivity contribution in [2.75, 3.05) is 0 Å². The minimum absolute atomic E-state index is 0.0595. The fraction of sp³-hybridized carbons (Fsp3) is 0. The second-order valence-electron chi connectivity index (χ2n) is 2.48. The minimum atomic E-state index is -0.204. The highest BCUT2D eigenvalue weighted by Gasteiger charge is 1.97. The Morgan fingerprint density at radius 3 is 2.71 bits per heavy atom. The van der Waals surface area contributed by atoms with Crippen LogP contribution in [0.1, 0.15) is 5.56 Å². The molecule has 0 spiro atoms. The number of thiocarbonyl (C=S) groups is 1. The molecule has 14 heavy (non-hydrogen) atoms. The summed E-state index contributed by atoms with van der Waals surface area (Å²) in [6.45, 7) is 0. The Bertz CT molecular complexity index is 379. The highest BCUT2D eigenvalue weighted by molar-refractivity contribution is 7.80. The van der Waals surface area contributed by atoms with Gasteiger partial charge in [0.15, 0.2) is 16.6 Å². The van der Waals surface area contributed by atoms with E-state index in [1.165, 1.54) is 18.3 Å². The van der Waals surface area contributed by atoms with E-state index >= 15 is 0 Å². The van der Waals surface area contributed by atoms with Crippen molar-refractivity contribution in [3.05, 3.63) is 23.8 Å². The van der Waals surface area contributed by atoms with E-state index < -0.39 is 0 Å². The van der Waals surface area contributed by atoms with Crippen molar-refractivity contribution in [2.45, 2.75) is 0 Å². The second-order valence-corrected chi connectivity index (χ2v) is 2.92. The molecule has 0 atom stereocenters. The highest BCUT2D eigenvalue weighted by Crippen LogP contribution is 2.23. The number of phenols is 2. The van der Waals surface area contributed by atoms with Gasteiger partial charge in [-0.3, -0.25) is 5.43 Å². The molecule has 0 aliphatic carbocycles. The van der Waals surface area contributed by atoms with Crippen LogP contribution in [0.25, 0.3) is 0 Å². The number of benzene rings is 1. The van der Waals surface area contributed by atoms with E-state index in [2.05, 4.69) is 22.7 Å². The van der Waals surface area contributed by atoms with Crippen molar-refractivity contribution in [1.29, 1.82) is 0 Å². The van der Waals surface area contributed by atoms with Gasteiger partial charge in [0.2, 0.25) is 0 Å². The average Bonchev–Trinajstić information content (AvgIpc) is 2.10. The molecule has 0 heterocycles. The smallest absolute Gasteiger partial charge is 0.184 e. The zero-order valence-corrected chi connectivity index (χ0v) is 7.95. The lowest BCUT2D eigenvalue weighted by Gasteiger charge is -1.98. The van der Waals surface area contributed by atoms with Gasteiger partial charge in [0.1, 0.15) is 0 Å². The fourth-order valence-corrected chi connectivity index (χ4v) is 0.844. The van der Waals surface area contributed by atoms with Crippen LogP contribution in [0.15, 0.2) is 23.3 Å². The van der Waals surface area contributed by atoms with Crippen LogP contribution in [0.3, 0.4) is 0 Å². The van der Waals surface area contributed by atoms with Crippen LogP contribution < -0.4 is 11.2 Å². The van der Waals surface area contributed by atoms with E-state index in [4.69, 9.17) is 15.9 Å². The molecule has 0 aliphatic rings. The molecule has 5 N–H and O–H groups in total. The largest absolute Gasteiger partial charge is 0.504 e. The number of hydrazone groups is 1. The van der Waals surface area contributed by atoms with Gasteiger partial charge in [-0.1, -0.05) is 0 Å². The van der Waals surface area contributed by atoms with Gasteiger partial charge in [0.25, 0.3) is 0 Å². The zero-order chi connectivity index (χ0) is 10.6. The summed E-state index contributed by atoms with van der Waals surface area (Å²) in [6, 6.07) is 4.30. The molecular weight excluding hydrogens is 202 g/mol. The fourth-order valence-electron chi connectivity index (χ4n) is 0.791. The summed E-state index contributed by atoms with van der Waals surface area (Å²) in [5.41, 5.74) is 8.11. The summed E-state index contributed by atoms with van der Waals surface area (Å²) >= 11 is 4.52. The average molecular weight is 211 g/mol. The van der Waals surface area contributed by atoms with Crippen LogP contribution in [0.4, 0.5) is 0 Å². The van der Waals surface area contributed by atoms with E-state index in [-0.39, 0.29) is 16.6 Å². The number of aromatic hydroxyl groups is 2.